The van der Waals surface area contributed by atoms with Crippen LogP contribution < -0.4 is 15.8 Å². The molecule has 0 saturated heterocycles. The fourth-order valence-corrected chi connectivity index (χ4v) is 3.80. The fraction of sp³-hybridized carbons (Fsp3) is 0.348. The second-order valence-corrected chi connectivity index (χ2v) is 7.42. The highest BCUT2D eigenvalue weighted by Gasteiger charge is 2.20. The van der Waals surface area contributed by atoms with E-state index in [1.54, 1.807) is 26.1 Å². The number of pyridine rings is 2. The van der Waals surface area contributed by atoms with E-state index in [0.29, 0.717) is 16.6 Å². The van der Waals surface area contributed by atoms with Gasteiger partial charge in [-0.15, -0.1) is 0 Å². The summed E-state index contributed by atoms with van der Waals surface area (Å²) in [7, 11) is 0. The second kappa shape index (κ2) is 9.24. The molecule has 1 amide bonds. The summed E-state index contributed by atoms with van der Waals surface area (Å²) < 4.78 is 27.2. The van der Waals surface area contributed by atoms with Gasteiger partial charge in [0.05, 0.1) is 18.0 Å². The number of hydrogen-bond donors (Lipinski definition) is 2. The average molecular weight is 428 g/mol. The largest absolute Gasteiger partial charge is 0.357 e. The molecule has 8 heteroatoms. The minimum Gasteiger partial charge on any atom is -0.357 e. The van der Waals surface area contributed by atoms with Crippen molar-refractivity contribution in [2.75, 3.05) is 18.0 Å². The highest BCUT2D eigenvalue weighted by atomic mass is 19.1. The van der Waals surface area contributed by atoms with E-state index in [-0.39, 0.29) is 17.5 Å². The Morgan fingerprint density at radius 3 is 2.58 bits per heavy atom. The fourth-order valence-electron chi connectivity index (χ4n) is 3.80. The minimum atomic E-state index is -0.734. The maximum atomic E-state index is 14.0. The molecule has 0 aliphatic rings. The third-order valence-electron chi connectivity index (χ3n) is 5.49. The molecule has 2 N–H and O–H groups in total. The Hall–Kier alpha value is -3.29. The monoisotopic (exact) mass is 428 g/mol. The number of amides is 1. The van der Waals surface area contributed by atoms with E-state index >= 15 is 0 Å². The van der Waals surface area contributed by atoms with Crippen LogP contribution in [0.25, 0.3) is 10.9 Å². The molecule has 164 valence electrons. The molecule has 0 bridgehead atoms. The first-order valence-electron chi connectivity index (χ1n) is 10.3. The highest BCUT2D eigenvalue weighted by Crippen LogP contribution is 2.27. The lowest BCUT2D eigenvalue weighted by atomic mass is 10.0. The SMILES string of the molecule is CCN(CC)c1nccc2[nH]c(=O)c(CC(=O)N[C@@H](C)c3ccc(F)cc3F)c(C)c12. The Kier molecular flexibility index (Phi) is 6.68. The zero-order chi connectivity index (χ0) is 22.7. The van der Waals surface area contributed by atoms with Crippen molar-refractivity contribution in [1.29, 1.82) is 0 Å². The summed E-state index contributed by atoms with van der Waals surface area (Å²) in [6, 6.07) is 4.27. The number of carbonyl (C=O) groups is 1. The van der Waals surface area contributed by atoms with Gasteiger partial charge in [-0.3, -0.25) is 9.59 Å². The van der Waals surface area contributed by atoms with E-state index < -0.39 is 23.6 Å². The van der Waals surface area contributed by atoms with E-state index in [1.165, 1.54) is 6.07 Å². The Balaban J connectivity index is 1.93. The summed E-state index contributed by atoms with van der Waals surface area (Å²) in [6.45, 7) is 8.95. The molecule has 0 aliphatic carbocycles. The Morgan fingerprint density at radius 1 is 1.23 bits per heavy atom. The van der Waals surface area contributed by atoms with Crippen molar-refractivity contribution in [3.05, 3.63) is 69.1 Å². The van der Waals surface area contributed by atoms with Crippen molar-refractivity contribution in [2.45, 2.75) is 40.2 Å². The van der Waals surface area contributed by atoms with Crippen LogP contribution in [0.4, 0.5) is 14.6 Å². The van der Waals surface area contributed by atoms with Crippen LogP contribution in [0.3, 0.4) is 0 Å². The summed E-state index contributed by atoms with van der Waals surface area (Å²) in [5, 5.41) is 3.48. The van der Waals surface area contributed by atoms with Gasteiger partial charge < -0.3 is 15.2 Å². The van der Waals surface area contributed by atoms with Crippen molar-refractivity contribution in [2.24, 2.45) is 0 Å². The lowest BCUT2D eigenvalue weighted by Crippen LogP contribution is -2.31. The number of H-pyrrole nitrogens is 1. The van der Waals surface area contributed by atoms with Crippen LogP contribution >= 0.6 is 0 Å². The summed E-state index contributed by atoms with van der Waals surface area (Å²) >= 11 is 0. The molecular weight excluding hydrogens is 402 g/mol. The Morgan fingerprint density at radius 2 is 1.94 bits per heavy atom. The minimum absolute atomic E-state index is 0.170. The van der Waals surface area contributed by atoms with E-state index in [9.17, 15) is 18.4 Å². The number of benzene rings is 1. The first kappa shape index (κ1) is 22.4. The van der Waals surface area contributed by atoms with E-state index in [4.69, 9.17) is 0 Å². The summed E-state index contributed by atoms with van der Waals surface area (Å²) in [6.07, 6.45) is 1.48. The number of hydrogen-bond acceptors (Lipinski definition) is 4. The first-order valence-corrected chi connectivity index (χ1v) is 10.3. The van der Waals surface area contributed by atoms with Crippen LogP contribution in [-0.2, 0) is 11.2 Å². The number of halogens is 2. The van der Waals surface area contributed by atoms with E-state index in [0.717, 1.165) is 36.4 Å². The van der Waals surface area contributed by atoms with Gasteiger partial charge in [0.25, 0.3) is 5.56 Å². The molecule has 6 nitrogen and oxygen atoms in total. The van der Waals surface area contributed by atoms with Gasteiger partial charge in [-0.25, -0.2) is 13.8 Å². The molecule has 0 spiro atoms. The maximum Gasteiger partial charge on any atom is 0.252 e. The number of aromatic nitrogens is 2. The summed E-state index contributed by atoms with van der Waals surface area (Å²) in [5.74, 6) is -1.10. The van der Waals surface area contributed by atoms with Gasteiger partial charge in [0, 0.05) is 41.9 Å². The molecule has 1 atom stereocenters. The van der Waals surface area contributed by atoms with Gasteiger partial charge >= 0.3 is 0 Å². The van der Waals surface area contributed by atoms with Crippen LogP contribution in [0.1, 0.15) is 43.5 Å². The zero-order valence-electron chi connectivity index (χ0n) is 18.1. The third-order valence-corrected chi connectivity index (χ3v) is 5.49. The number of rotatable bonds is 7. The van der Waals surface area contributed by atoms with Crippen molar-refractivity contribution in [1.82, 2.24) is 15.3 Å². The number of nitrogens with zero attached hydrogens (tertiary/aromatic N) is 2. The molecule has 3 aromatic rings. The lowest BCUT2D eigenvalue weighted by Gasteiger charge is -2.23. The smallest absolute Gasteiger partial charge is 0.252 e. The highest BCUT2D eigenvalue weighted by molar-refractivity contribution is 5.94. The van der Waals surface area contributed by atoms with Gasteiger partial charge in [0.2, 0.25) is 5.91 Å². The van der Waals surface area contributed by atoms with Gasteiger partial charge in [-0.05, 0) is 45.4 Å². The molecule has 0 fully saturated rings. The number of aryl methyl sites for hydroxylation is 1. The first-order chi connectivity index (χ1) is 14.8. The zero-order valence-corrected chi connectivity index (χ0v) is 18.1. The van der Waals surface area contributed by atoms with Gasteiger partial charge in [-0.1, -0.05) is 6.07 Å². The molecule has 0 unspecified atom stereocenters. The third kappa shape index (κ3) is 4.57. The Labute approximate surface area is 179 Å². The molecule has 1 aromatic carbocycles. The van der Waals surface area contributed by atoms with Crippen LogP contribution in [0.15, 0.2) is 35.3 Å². The number of carbonyl (C=O) groups excluding carboxylic acids is 1. The molecular formula is C23H26F2N4O2. The van der Waals surface area contributed by atoms with Gasteiger partial charge in [0.1, 0.15) is 17.5 Å². The van der Waals surface area contributed by atoms with Crippen molar-refractivity contribution in [3.63, 3.8) is 0 Å². The molecule has 2 aromatic heterocycles. The quantitative estimate of drug-likeness (QED) is 0.601. The van der Waals surface area contributed by atoms with E-state index in [2.05, 4.69) is 20.2 Å². The molecule has 31 heavy (non-hydrogen) atoms. The molecule has 0 saturated carbocycles. The van der Waals surface area contributed by atoms with Crippen molar-refractivity contribution in [3.8, 4) is 0 Å². The van der Waals surface area contributed by atoms with Crippen LogP contribution in [0.2, 0.25) is 0 Å². The molecule has 2 heterocycles. The molecule has 0 radical (unpaired) electrons. The standard InChI is InChI=1S/C23H26F2N4O2/c1-5-29(6-2)22-21-13(3)17(23(31)28-19(21)9-10-26-22)12-20(30)27-14(4)16-8-7-15(24)11-18(16)25/h7-11,14H,5-6,12H2,1-4H3,(H,27,30)(H,28,31)/t14-/m0/s1. The summed E-state index contributed by atoms with van der Waals surface area (Å²) in [4.78, 5) is 34.8. The number of nitrogens with one attached hydrogen (secondary N) is 2. The van der Waals surface area contributed by atoms with E-state index in [1.807, 2.05) is 13.8 Å². The van der Waals surface area contributed by atoms with Crippen LogP contribution in [0.5, 0.6) is 0 Å². The molecule has 3 rings (SSSR count). The predicted molar refractivity (Wildman–Crippen MR) is 117 cm³/mol. The maximum absolute atomic E-state index is 14.0. The van der Waals surface area contributed by atoms with Crippen molar-refractivity contribution >= 4 is 22.6 Å². The Bertz CT molecular complexity index is 1170. The van der Waals surface area contributed by atoms with Crippen LogP contribution in [-0.4, -0.2) is 29.0 Å². The normalized spacial score (nSPS) is 12.1. The lowest BCUT2D eigenvalue weighted by molar-refractivity contribution is -0.121. The topological polar surface area (TPSA) is 78.1 Å². The second-order valence-electron chi connectivity index (χ2n) is 7.42. The number of fused-ring (bicyclic) bond motifs is 1. The van der Waals surface area contributed by atoms with Crippen LogP contribution in [0, 0.1) is 18.6 Å². The van der Waals surface area contributed by atoms with Crippen molar-refractivity contribution < 1.29 is 13.6 Å². The van der Waals surface area contributed by atoms with Gasteiger partial charge in [-0.2, -0.15) is 0 Å². The predicted octanol–water partition coefficient (Wildman–Crippen LogP) is 3.78. The average Bonchev–Trinajstić information content (AvgIpc) is 2.71. The van der Waals surface area contributed by atoms with Gasteiger partial charge in [0.15, 0.2) is 0 Å². The summed E-state index contributed by atoms with van der Waals surface area (Å²) in [5.41, 5.74) is 1.50. The molecule has 0 aliphatic heterocycles. The number of anilines is 1. The number of aromatic amines is 1.